The molecular weight excluding hydrogens is 284 g/mol. The third-order valence-electron chi connectivity index (χ3n) is 3.49. The average molecular weight is 304 g/mol. The second-order valence-electron chi connectivity index (χ2n) is 5.77. The largest absolute Gasteiger partial charge is 0.363 e. The van der Waals surface area contributed by atoms with Crippen molar-refractivity contribution in [1.82, 2.24) is 25.0 Å². The van der Waals surface area contributed by atoms with Gasteiger partial charge in [-0.1, -0.05) is 5.16 Å². The van der Waals surface area contributed by atoms with Crippen molar-refractivity contribution in [3.8, 4) is 11.5 Å². The van der Waals surface area contributed by atoms with Gasteiger partial charge in [-0.2, -0.15) is 4.98 Å². The molecule has 0 aliphatic carbocycles. The second-order valence-corrected chi connectivity index (χ2v) is 5.77. The van der Waals surface area contributed by atoms with Crippen molar-refractivity contribution in [3.05, 3.63) is 18.3 Å². The fourth-order valence-electron chi connectivity index (χ4n) is 2.44. The predicted molar refractivity (Wildman–Crippen MR) is 80.4 cm³/mol. The van der Waals surface area contributed by atoms with Gasteiger partial charge in [0.05, 0.1) is 18.5 Å². The van der Waals surface area contributed by atoms with Gasteiger partial charge in [-0.3, -0.25) is 0 Å². The summed E-state index contributed by atoms with van der Waals surface area (Å²) in [6.45, 7) is 3.66. The van der Waals surface area contributed by atoms with Crippen molar-refractivity contribution in [2.45, 2.75) is 19.1 Å². The predicted octanol–water partition coefficient (Wildman–Crippen LogP) is 0.984. The van der Waals surface area contributed by atoms with Crippen LogP contribution < -0.4 is 4.90 Å². The molecule has 0 aromatic carbocycles. The lowest BCUT2D eigenvalue weighted by Crippen LogP contribution is -2.40. The molecule has 0 amide bonds. The van der Waals surface area contributed by atoms with Crippen LogP contribution in [0.25, 0.3) is 11.5 Å². The van der Waals surface area contributed by atoms with E-state index in [1.807, 2.05) is 25.9 Å². The molecule has 1 aliphatic heterocycles. The first-order valence-corrected chi connectivity index (χ1v) is 7.20. The highest BCUT2D eigenvalue weighted by molar-refractivity contribution is 5.48. The summed E-state index contributed by atoms with van der Waals surface area (Å²) in [7, 11) is 5.87. The lowest BCUT2D eigenvalue weighted by Gasteiger charge is -2.32. The Morgan fingerprint density at radius 3 is 2.68 bits per heavy atom. The fourth-order valence-corrected chi connectivity index (χ4v) is 2.44. The van der Waals surface area contributed by atoms with E-state index in [1.165, 1.54) is 0 Å². The third-order valence-corrected chi connectivity index (χ3v) is 3.49. The molecule has 2 aromatic heterocycles. The van der Waals surface area contributed by atoms with Crippen molar-refractivity contribution in [1.29, 1.82) is 0 Å². The number of hydrogen-bond donors (Lipinski definition) is 0. The quantitative estimate of drug-likeness (QED) is 0.830. The van der Waals surface area contributed by atoms with E-state index in [-0.39, 0.29) is 12.2 Å². The minimum atomic E-state index is -0.205. The van der Waals surface area contributed by atoms with Gasteiger partial charge >= 0.3 is 0 Å². The van der Waals surface area contributed by atoms with E-state index >= 15 is 0 Å². The van der Waals surface area contributed by atoms with Gasteiger partial charge in [0.25, 0.3) is 5.89 Å². The van der Waals surface area contributed by atoms with Gasteiger partial charge in [-0.05, 0) is 14.0 Å². The number of hydrogen-bond acceptors (Lipinski definition) is 8. The first-order valence-electron chi connectivity index (χ1n) is 7.20. The van der Waals surface area contributed by atoms with E-state index in [9.17, 15) is 0 Å². The Balaban J connectivity index is 1.78. The monoisotopic (exact) mass is 304 g/mol. The van der Waals surface area contributed by atoms with E-state index < -0.39 is 0 Å². The van der Waals surface area contributed by atoms with E-state index in [1.54, 1.807) is 12.4 Å². The Morgan fingerprint density at radius 1 is 1.23 bits per heavy atom. The summed E-state index contributed by atoms with van der Waals surface area (Å²) < 4.78 is 11.2. The zero-order valence-electron chi connectivity index (χ0n) is 13.2. The van der Waals surface area contributed by atoms with Crippen LogP contribution in [0.4, 0.5) is 5.82 Å². The highest BCUT2D eigenvalue weighted by atomic mass is 16.5. The lowest BCUT2D eigenvalue weighted by molar-refractivity contribution is -0.0838. The van der Waals surface area contributed by atoms with Crippen molar-refractivity contribution < 1.29 is 9.26 Å². The third kappa shape index (κ3) is 3.07. The highest BCUT2D eigenvalue weighted by Crippen LogP contribution is 2.25. The number of nitrogens with zero attached hydrogens (tertiary/aromatic N) is 6. The molecule has 2 aromatic rings. The van der Waals surface area contributed by atoms with Crippen molar-refractivity contribution >= 4 is 5.82 Å². The molecule has 118 valence electrons. The van der Waals surface area contributed by atoms with Crippen LogP contribution in [0.3, 0.4) is 0 Å². The Kier molecular flexibility index (Phi) is 4.04. The van der Waals surface area contributed by atoms with Crippen LogP contribution in [-0.2, 0) is 4.74 Å². The molecule has 0 radical (unpaired) electrons. The molecule has 0 N–H and O–H groups in total. The first kappa shape index (κ1) is 14.9. The summed E-state index contributed by atoms with van der Waals surface area (Å²) in [5.41, 5.74) is 0.581. The van der Waals surface area contributed by atoms with E-state index in [4.69, 9.17) is 9.26 Å². The summed E-state index contributed by atoms with van der Waals surface area (Å²) in [5.74, 6) is 1.68. The van der Waals surface area contributed by atoms with E-state index in [2.05, 4.69) is 32.1 Å². The fraction of sp³-hybridized carbons (Fsp3) is 0.571. The summed E-state index contributed by atoms with van der Waals surface area (Å²) in [6.07, 6.45) is 3.25. The van der Waals surface area contributed by atoms with Gasteiger partial charge < -0.3 is 19.1 Å². The van der Waals surface area contributed by atoms with Crippen molar-refractivity contribution in [2.24, 2.45) is 0 Å². The van der Waals surface area contributed by atoms with Gasteiger partial charge in [0.1, 0.15) is 17.6 Å². The molecule has 8 nitrogen and oxygen atoms in total. The highest BCUT2D eigenvalue weighted by Gasteiger charge is 2.29. The SMILES string of the molecule is C[C@@H]1CN(C)C[C@H](c2nc(-c3cnc(N(C)C)cn3)no2)O1. The molecule has 0 bridgehead atoms. The van der Waals surface area contributed by atoms with Crippen LogP contribution in [0.1, 0.15) is 18.9 Å². The Bertz CT molecular complexity index is 617. The first-order chi connectivity index (χ1) is 10.5. The Morgan fingerprint density at radius 2 is 2.05 bits per heavy atom. The molecule has 3 heterocycles. The molecular formula is C14H20N6O2. The minimum Gasteiger partial charge on any atom is -0.363 e. The molecule has 0 spiro atoms. The summed E-state index contributed by atoms with van der Waals surface area (Å²) in [4.78, 5) is 17.1. The zero-order valence-corrected chi connectivity index (χ0v) is 13.2. The molecule has 3 rings (SSSR count). The maximum absolute atomic E-state index is 5.86. The molecule has 0 saturated carbocycles. The number of aromatic nitrogens is 4. The van der Waals surface area contributed by atoms with Crippen LogP contribution in [-0.4, -0.2) is 65.3 Å². The number of likely N-dealkylation sites (N-methyl/N-ethyl adjacent to an activating group) is 1. The van der Waals surface area contributed by atoms with E-state index in [0.717, 1.165) is 18.9 Å². The molecule has 1 saturated heterocycles. The average Bonchev–Trinajstić information content (AvgIpc) is 2.96. The summed E-state index contributed by atoms with van der Waals surface area (Å²) >= 11 is 0. The van der Waals surface area contributed by atoms with Crippen LogP contribution >= 0.6 is 0 Å². The molecule has 8 heteroatoms. The van der Waals surface area contributed by atoms with Crippen LogP contribution in [0, 0.1) is 0 Å². The van der Waals surface area contributed by atoms with Crippen molar-refractivity contribution in [3.63, 3.8) is 0 Å². The standard InChI is InChI=1S/C14H20N6O2/c1-9-7-20(4)8-11(21-9)14-17-13(18-22-14)10-5-16-12(6-15-10)19(2)3/h5-6,9,11H,7-8H2,1-4H3/t9-,11-/m1/s1. The van der Waals surface area contributed by atoms with Gasteiger partial charge in [0.15, 0.2) is 0 Å². The summed E-state index contributed by atoms with van der Waals surface area (Å²) in [5, 5.41) is 3.99. The topological polar surface area (TPSA) is 80.4 Å². The maximum Gasteiger partial charge on any atom is 0.257 e. The molecule has 22 heavy (non-hydrogen) atoms. The smallest absolute Gasteiger partial charge is 0.257 e. The summed E-state index contributed by atoms with van der Waals surface area (Å²) in [6, 6.07) is 0. The molecule has 1 aliphatic rings. The normalized spacial score (nSPS) is 22.7. The lowest BCUT2D eigenvalue weighted by atomic mass is 10.2. The van der Waals surface area contributed by atoms with Gasteiger partial charge in [0, 0.05) is 27.2 Å². The van der Waals surface area contributed by atoms with Crippen LogP contribution in [0.15, 0.2) is 16.9 Å². The molecule has 1 fully saturated rings. The van der Waals surface area contributed by atoms with Crippen molar-refractivity contribution in [2.75, 3.05) is 39.1 Å². The molecule has 0 unspecified atom stereocenters. The Hall–Kier alpha value is -2.06. The van der Waals surface area contributed by atoms with Gasteiger partial charge in [-0.15, -0.1) is 0 Å². The van der Waals surface area contributed by atoms with E-state index in [0.29, 0.717) is 17.4 Å². The molecule has 2 atom stereocenters. The van der Waals surface area contributed by atoms with Gasteiger partial charge in [0.2, 0.25) is 5.82 Å². The number of ether oxygens (including phenoxy) is 1. The maximum atomic E-state index is 5.86. The van der Waals surface area contributed by atoms with Gasteiger partial charge in [-0.25, -0.2) is 9.97 Å². The number of morpholine rings is 1. The zero-order chi connectivity index (χ0) is 15.7. The minimum absolute atomic E-state index is 0.137. The number of rotatable bonds is 3. The second kappa shape index (κ2) is 5.98. The van der Waals surface area contributed by atoms with Crippen LogP contribution in [0.2, 0.25) is 0 Å². The van der Waals surface area contributed by atoms with Crippen LogP contribution in [0.5, 0.6) is 0 Å². The Labute approximate surface area is 129 Å². The number of anilines is 1.